The average Bonchev–Trinajstić information content (AvgIpc) is 2.05. The van der Waals surface area contributed by atoms with Gasteiger partial charge in [-0.3, -0.25) is 0 Å². The number of nitrogens with one attached hydrogen (secondary N) is 1. The van der Waals surface area contributed by atoms with Gasteiger partial charge in [-0.25, -0.2) is 0 Å². The van der Waals surface area contributed by atoms with Gasteiger partial charge in [0.2, 0.25) is 0 Å². The molecule has 1 aromatic rings. The number of nitrogens with two attached hydrogens (primary N) is 1. The summed E-state index contributed by atoms with van der Waals surface area (Å²) in [4.78, 5) is 0. The molecule has 3 N–H and O–H groups in total. The zero-order valence-electron chi connectivity index (χ0n) is 6.89. The number of benzene rings is 1. The number of hydrogen-bond acceptors (Lipinski definition) is 2. The fraction of sp³-hybridized carbons (Fsp3) is 0.111. The van der Waals surface area contributed by atoms with Gasteiger partial charge in [0.1, 0.15) is 0 Å². The smallest absolute Gasteiger partial charge is 0.0637 e. The molecule has 0 unspecified atom stereocenters. The fourth-order valence-electron chi connectivity index (χ4n) is 0.917. The third-order valence-corrected chi connectivity index (χ3v) is 1.94. The Labute approximate surface area is 77.0 Å². The Bertz CT molecular complexity index is 307. The number of rotatable bonds is 2. The van der Waals surface area contributed by atoms with Gasteiger partial charge in [-0.1, -0.05) is 24.2 Å². The highest BCUT2D eigenvalue weighted by molar-refractivity contribution is 6.33. The van der Waals surface area contributed by atoms with E-state index >= 15 is 0 Å². The van der Waals surface area contributed by atoms with Crippen LogP contribution in [0.15, 0.2) is 24.8 Å². The highest BCUT2D eigenvalue weighted by atomic mass is 35.5. The summed E-state index contributed by atoms with van der Waals surface area (Å²) in [5, 5.41) is 3.64. The van der Waals surface area contributed by atoms with Gasteiger partial charge in [0.05, 0.1) is 10.7 Å². The molecule has 0 saturated carbocycles. The van der Waals surface area contributed by atoms with Crippen LogP contribution < -0.4 is 11.1 Å². The first-order valence-corrected chi connectivity index (χ1v) is 3.95. The van der Waals surface area contributed by atoms with Gasteiger partial charge in [0.25, 0.3) is 0 Å². The van der Waals surface area contributed by atoms with Crippen molar-refractivity contribution in [1.29, 1.82) is 0 Å². The van der Waals surface area contributed by atoms with Crippen LogP contribution in [0.2, 0.25) is 5.02 Å². The molecule has 0 fully saturated rings. The normalized spacial score (nSPS) is 9.50. The molecule has 0 aromatic heterocycles. The zero-order valence-corrected chi connectivity index (χ0v) is 7.65. The molecule has 64 valence electrons. The molecular weight excluding hydrogens is 172 g/mol. The molecule has 0 bridgehead atoms. The summed E-state index contributed by atoms with van der Waals surface area (Å²) in [5.74, 6) is 0. The third-order valence-electron chi connectivity index (χ3n) is 1.61. The van der Waals surface area contributed by atoms with Crippen molar-refractivity contribution in [3.63, 3.8) is 0 Å². The first-order valence-electron chi connectivity index (χ1n) is 3.57. The van der Waals surface area contributed by atoms with Crippen molar-refractivity contribution in [2.75, 3.05) is 12.4 Å². The van der Waals surface area contributed by atoms with E-state index in [1.54, 1.807) is 6.07 Å². The third kappa shape index (κ3) is 1.71. The minimum atomic E-state index is 0.545. The van der Waals surface area contributed by atoms with Crippen molar-refractivity contribution in [3.05, 3.63) is 35.4 Å². The SMILES string of the molecule is C=C(N)c1ccc(Cl)c(NC)c1. The van der Waals surface area contributed by atoms with E-state index in [9.17, 15) is 0 Å². The summed E-state index contributed by atoms with van der Waals surface area (Å²) in [6.45, 7) is 3.64. The minimum Gasteiger partial charge on any atom is -0.399 e. The van der Waals surface area contributed by atoms with Crippen molar-refractivity contribution < 1.29 is 0 Å². The van der Waals surface area contributed by atoms with Gasteiger partial charge in [0.15, 0.2) is 0 Å². The van der Waals surface area contributed by atoms with Gasteiger partial charge in [-0.2, -0.15) is 0 Å². The zero-order chi connectivity index (χ0) is 9.14. The van der Waals surface area contributed by atoms with Gasteiger partial charge in [-0.05, 0) is 17.7 Å². The van der Waals surface area contributed by atoms with E-state index in [1.165, 1.54) is 0 Å². The maximum Gasteiger partial charge on any atom is 0.0637 e. The van der Waals surface area contributed by atoms with Crippen LogP contribution in [0.25, 0.3) is 5.70 Å². The van der Waals surface area contributed by atoms with Crippen LogP contribution in [-0.2, 0) is 0 Å². The molecule has 0 aliphatic heterocycles. The standard InChI is InChI=1S/C9H11ClN2/c1-6(11)7-3-4-8(10)9(5-7)12-2/h3-5,12H,1,11H2,2H3. The van der Waals surface area contributed by atoms with Crippen molar-refractivity contribution >= 4 is 23.0 Å². The molecule has 0 spiro atoms. The van der Waals surface area contributed by atoms with E-state index in [0.717, 1.165) is 11.3 Å². The van der Waals surface area contributed by atoms with Crippen LogP contribution in [0.1, 0.15) is 5.56 Å². The number of halogens is 1. The van der Waals surface area contributed by atoms with Gasteiger partial charge in [0, 0.05) is 12.7 Å². The predicted molar refractivity (Wildman–Crippen MR) is 54.2 cm³/mol. The predicted octanol–water partition coefficient (Wildman–Crippen LogP) is 2.31. The maximum atomic E-state index is 5.87. The summed E-state index contributed by atoms with van der Waals surface area (Å²) in [6, 6.07) is 5.50. The van der Waals surface area contributed by atoms with Crippen molar-refractivity contribution in [2.45, 2.75) is 0 Å². The van der Waals surface area contributed by atoms with E-state index in [-0.39, 0.29) is 0 Å². The average molecular weight is 183 g/mol. The quantitative estimate of drug-likeness (QED) is 0.737. The Hall–Kier alpha value is -1.15. The summed E-state index contributed by atoms with van der Waals surface area (Å²) in [6.07, 6.45) is 0. The molecule has 12 heavy (non-hydrogen) atoms. The number of anilines is 1. The molecule has 2 nitrogen and oxygen atoms in total. The Morgan fingerprint density at radius 2 is 2.25 bits per heavy atom. The van der Waals surface area contributed by atoms with Crippen molar-refractivity contribution in [2.24, 2.45) is 5.73 Å². The lowest BCUT2D eigenvalue weighted by atomic mass is 10.1. The van der Waals surface area contributed by atoms with Crippen molar-refractivity contribution in [1.82, 2.24) is 0 Å². The molecule has 0 amide bonds. The minimum absolute atomic E-state index is 0.545. The van der Waals surface area contributed by atoms with Crippen LogP contribution in [-0.4, -0.2) is 7.05 Å². The van der Waals surface area contributed by atoms with Gasteiger partial charge in [-0.15, -0.1) is 0 Å². The van der Waals surface area contributed by atoms with E-state index < -0.39 is 0 Å². The highest BCUT2D eigenvalue weighted by Crippen LogP contribution is 2.23. The summed E-state index contributed by atoms with van der Waals surface area (Å²) in [5.41, 5.74) is 7.82. The Morgan fingerprint density at radius 1 is 1.58 bits per heavy atom. The van der Waals surface area contributed by atoms with Crippen LogP contribution >= 0.6 is 11.6 Å². The van der Waals surface area contributed by atoms with E-state index in [0.29, 0.717) is 10.7 Å². The monoisotopic (exact) mass is 182 g/mol. The number of hydrogen-bond donors (Lipinski definition) is 2. The summed E-state index contributed by atoms with van der Waals surface area (Å²) >= 11 is 5.87. The second kappa shape index (κ2) is 3.50. The van der Waals surface area contributed by atoms with Gasteiger partial charge < -0.3 is 11.1 Å². The first kappa shape index (κ1) is 8.94. The first-order chi connectivity index (χ1) is 5.65. The van der Waals surface area contributed by atoms with Crippen LogP contribution in [0.3, 0.4) is 0 Å². The van der Waals surface area contributed by atoms with E-state index in [4.69, 9.17) is 17.3 Å². The van der Waals surface area contributed by atoms with E-state index in [1.807, 2.05) is 19.2 Å². The topological polar surface area (TPSA) is 38.0 Å². The summed E-state index contributed by atoms with van der Waals surface area (Å²) in [7, 11) is 1.81. The fourth-order valence-corrected chi connectivity index (χ4v) is 1.13. The van der Waals surface area contributed by atoms with Crippen LogP contribution in [0, 0.1) is 0 Å². The Kier molecular flexibility index (Phi) is 2.61. The highest BCUT2D eigenvalue weighted by Gasteiger charge is 1.99. The van der Waals surface area contributed by atoms with Gasteiger partial charge >= 0.3 is 0 Å². The van der Waals surface area contributed by atoms with Crippen molar-refractivity contribution in [3.8, 4) is 0 Å². The molecule has 3 heteroatoms. The Balaban J connectivity index is 3.13. The molecule has 0 heterocycles. The van der Waals surface area contributed by atoms with Crippen LogP contribution in [0.5, 0.6) is 0 Å². The Morgan fingerprint density at radius 3 is 2.75 bits per heavy atom. The van der Waals surface area contributed by atoms with Crippen LogP contribution in [0.4, 0.5) is 5.69 Å². The summed E-state index contributed by atoms with van der Waals surface area (Å²) < 4.78 is 0. The molecule has 0 aliphatic carbocycles. The molecule has 1 aromatic carbocycles. The second-order valence-electron chi connectivity index (χ2n) is 2.47. The molecule has 0 radical (unpaired) electrons. The molecule has 0 atom stereocenters. The molecule has 0 saturated heterocycles. The molecule has 0 aliphatic rings. The lowest BCUT2D eigenvalue weighted by molar-refractivity contribution is 1.47. The lowest BCUT2D eigenvalue weighted by Crippen LogP contribution is -1.96. The second-order valence-corrected chi connectivity index (χ2v) is 2.88. The lowest BCUT2D eigenvalue weighted by Gasteiger charge is -2.05. The van der Waals surface area contributed by atoms with E-state index in [2.05, 4.69) is 11.9 Å². The largest absolute Gasteiger partial charge is 0.399 e. The maximum absolute atomic E-state index is 5.87. The molecular formula is C9H11ClN2. The molecule has 1 rings (SSSR count).